The highest BCUT2D eigenvalue weighted by atomic mass is 19.1. The number of carbonyl (C=O) groups is 1. The molecule has 0 spiro atoms. The number of halogens is 1. The number of para-hydroxylation sites is 1. The lowest BCUT2D eigenvalue weighted by Crippen LogP contribution is -2.35. The molecular formula is C27H30FN5O2. The maximum atomic E-state index is 15.0. The van der Waals surface area contributed by atoms with E-state index in [-0.39, 0.29) is 11.4 Å². The molecule has 0 bridgehead atoms. The Labute approximate surface area is 205 Å². The van der Waals surface area contributed by atoms with E-state index >= 15 is 4.39 Å². The van der Waals surface area contributed by atoms with Crippen LogP contribution in [0.25, 0.3) is 22.3 Å². The van der Waals surface area contributed by atoms with Crippen LogP contribution < -0.4 is 9.80 Å². The van der Waals surface area contributed by atoms with E-state index in [1.54, 1.807) is 24.4 Å². The maximum Gasteiger partial charge on any atom is 0.214 e. The molecule has 1 amide bonds. The highest BCUT2D eigenvalue weighted by molar-refractivity contribution is 5.88. The molecule has 8 heteroatoms. The van der Waals surface area contributed by atoms with Gasteiger partial charge in [0.25, 0.3) is 0 Å². The molecule has 0 aliphatic carbocycles. The monoisotopic (exact) mass is 475 g/mol. The summed E-state index contributed by atoms with van der Waals surface area (Å²) >= 11 is 0. The van der Waals surface area contributed by atoms with Crippen LogP contribution >= 0.6 is 0 Å². The van der Waals surface area contributed by atoms with Crippen molar-refractivity contribution in [3.8, 4) is 28.0 Å². The molecule has 182 valence electrons. The van der Waals surface area contributed by atoms with Crippen LogP contribution in [0.1, 0.15) is 6.92 Å². The number of aromatic nitrogens is 1. The first-order valence-corrected chi connectivity index (χ1v) is 11.6. The Morgan fingerprint density at radius 1 is 1.09 bits per heavy atom. The molecule has 1 aliphatic heterocycles. The van der Waals surface area contributed by atoms with Crippen molar-refractivity contribution in [3.63, 3.8) is 0 Å². The number of amides is 1. The van der Waals surface area contributed by atoms with E-state index in [2.05, 4.69) is 14.9 Å². The van der Waals surface area contributed by atoms with E-state index in [1.807, 2.05) is 50.2 Å². The van der Waals surface area contributed by atoms with E-state index in [0.717, 1.165) is 36.7 Å². The first-order chi connectivity index (χ1) is 16.9. The second kappa shape index (κ2) is 10.7. The maximum absolute atomic E-state index is 15.0. The number of aliphatic imine (C=N–C) groups is 1. The Kier molecular flexibility index (Phi) is 7.41. The third-order valence-electron chi connectivity index (χ3n) is 6.07. The first kappa shape index (κ1) is 24.3. The van der Waals surface area contributed by atoms with Gasteiger partial charge in [-0.2, -0.15) is 0 Å². The zero-order chi connectivity index (χ0) is 24.9. The molecule has 0 radical (unpaired) electrons. The number of nitrogens with zero attached hydrogens (tertiary/aromatic N) is 5. The number of carbonyl (C=O) groups excluding carboxylic acids is 1. The van der Waals surface area contributed by atoms with Crippen LogP contribution in [0.4, 0.5) is 15.9 Å². The van der Waals surface area contributed by atoms with Gasteiger partial charge in [0.1, 0.15) is 17.4 Å². The van der Waals surface area contributed by atoms with Gasteiger partial charge in [0.05, 0.1) is 18.8 Å². The number of phenolic OH excluding ortho intramolecular Hbond substituents is 1. The summed E-state index contributed by atoms with van der Waals surface area (Å²) < 4.78 is 15.0. The van der Waals surface area contributed by atoms with Crippen LogP contribution in [0.3, 0.4) is 0 Å². The van der Waals surface area contributed by atoms with Gasteiger partial charge < -0.3 is 19.8 Å². The number of hydrogen-bond acceptors (Lipinski definition) is 6. The number of aromatic hydroxyl groups is 1. The molecule has 2 heterocycles. The molecule has 0 atom stereocenters. The molecule has 4 rings (SSSR count). The lowest BCUT2D eigenvalue weighted by Gasteiger charge is -2.26. The van der Waals surface area contributed by atoms with Crippen molar-refractivity contribution in [2.24, 2.45) is 4.99 Å². The van der Waals surface area contributed by atoms with E-state index in [4.69, 9.17) is 0 Å². The standard InChI is InChI=1S/C27H30FN5O2/c1-19-17-32(12-11-29-19)26-16-21(9-10-30-26)23-6-4-5-22(27(23)35)20-7-8-25(24(28)15-20)33(18-34)14-13-31(2)3/h4-10,15-16,18,35H,11-14,17H2,1-3H3. The van der Waals surface area contributed by atoms with Crippen LogP contribution in [0, 0.1) is 5.82 Å². The van der Waals surface area contributed by atoms with Crippen molar-refractivity contribution >= 4 is 23.6 Å². The lowest BCUT2D eigenvalue weighted by atomic mass is 9.97. The smallest absolute Gasteiger partial charge is 0.214 e. The molecule has 35 heavy (non-hydrogen) atoms. The summed E-state index contributed by atoms with van der Waals surface area (Å²) in [6.45, 7) is 5.24. The molecule has 0 fully saturated rings. The molecule has 0 saturated carbocycles. The van der Waals surface area contributed by atoms with Crippen LogP contribution in [0.15, 0.2) is 59.7 Å². The van der Waals surface area contributed by atoms with E-state index in [0.29, 0.717) is 36.2 Å². The van der Waals surface area contributed by atoms with Gasteiger partial charge in [0, 0.05) is 42.7 Å². The normalized spacial score (nSPS) is 13.6. The van der Waals surface area contributed by atoms with Crippen molar-refractivity contribution in [1.29, 1.82) is 0 Å². The highest BCUT2D eigenvalue weighted by Gasteiger charge is 2.18. The van der Waals surface area contributed by atoms with Gasteiger partial charge in [-0.1, -0.05) is 24.3 Å². The zero-order valence-corrected chi connectivity index (χ0v) is 20.3. The van der Waals surface area contributed by atoms with Gasteiger partial charge in [-0.3, -0.25) is 9.79 Å². The second-order valence-electron chi connectivity index (χ2n) is 8.91. The summed E-state index contributed by atoms with van der Waals surface area (Å²) in [7, 11) is 3.79. The summed E-state index contributed by atoms with van der Waals surface area (Å²) in [6.07, 6.45) is 2.37. The minimum atomic E-state index is -0.522. The molecule has 0 unspecified atom stereocenters. The number of anilines is 2. The molecule has 1 aliphatic rings. The Morgan fingerprint density at radius 3 is 2.49 bits per heavy atom. The van der Waals surface area contributed by atoms with Gasteiger partial charge >= 0.3 is 0 Å². The van der Waals surface area contributed by atoms with Crippen LogP contribution in [-0.2, 0) is 4.79 Å². The van der Waals surface area contributed by atoms with Crippen LogP contribution in [-0.4, -0.2) is 73.9 Å². The number of pyridine rings is 1. The number of rotatable bonds is 8. The zero-order valence-electron chi connectivity index (χ0n) is 20.3. The van der Waals surface area contributed by atoms with E-state index in [9.17, 15) is 9.90 Å². The summed E-state index contributed by atoms with van der Waals surface area (Å²) in [5.74, 6) is 0.364. The summed E-state index contributed by atoms with van der Waals surface area (Å²) in [6, 6.07) is 13.9. The Hall–Kier alpha value is -3.78. The average Bonchev–Trinajstić information content (AvgIpc) is 2.85. The third-order valence-corrected chi connectivity index (χ3v) is 6.07. The summed E-state index contributed by atoms with van der Waals surface area (Å²) in [5.41, 5.74) is 3.77. The highest BCUT2D eigenvalue weighted by Crippen LogP contribution is 2.39. The van der Waals surface area contributed by atoms with Crippen molar-refractivity contribution < 1.29 is 14.3 Å². The van der Waals surface area contributed by atoms with E-state index in [1.165, 1.54) is 11.0 Å². The van der Waals surface area contributed by atoms with Crippen molar-refractivity contribution in [1.82, 2.24) is 9.88 Å². The van der Waals surface area contributed by atoms with Crippen LogP contribution in [0.2, 0.25) is 0 Å². The topological polar surface area (TPSA) is 72.3 Å². The molecule has 1 aromatic heterocycles. The predicted molar refractivity (Wildman–Crippen MR) is 139 cm³/mol. The van der Waals surface area contributed by atoms with Gasteiger partial charge in [0.15, 0.2) is 0 Å². The van der Waals surface area contributed by atoms with Crippen molar-refractivity contribution in [2.45, 2.75) is 6.92 Å². The lowest BCUT2D eigenvalue weighted by molar-refractivity contribution is -0.107. The molecule has 3 aromatic rings. The average molecular weight is 476 g/mol. The Morgan fingerprint density at radius 2 is 1.83 bits per heavy atom. The van der Waals surface area contributed by atoms with Gasteiger partial charge in [0.2, 0.25) is 6.41 Å². The Bertz CT molecular complexity index is 1240. The number of benzene rings is 2. The Balaban J connectivity index is 1.64. The molecule has 0 saturated heterocycles. The third kappa shape index (κ3) is 5.49. The SMILES string of the molecule is CC1=NCCN(c2cc(-c3cccc(-c4ccc(N(C=O)CCN(C)C)c(F)c4)c3O)ccn2)C1. The molecular weight excluding hydrogens is 445 g/mol. The van der Waals surface area contributed by atoms with Crippen molar-refractivity contribution in [3.05, 3.63) is 60.5 Å². The van der Waals surface area contributed by atoms with Crippen molar-refractivity contribution in [2.75, 3.05) is 56.6 Å². The fourth-order valence-electron chi connectivity index (χ4n) is 4.18. The second-order valence-corrected chi connectivity index (χ2v) is 8.91. The summed E-state index contributed by atoms with van der Waals surface area (Å²) in [5, 5.41) is 11.2. The minimum absolute atomic E-state index is 0.0630. The molecule has 7 nitrogen and oxygen atoms in total. The molecule has 1 N–H and O–H groups in total. The molecule has 2 aromatic carbocycles. The fourth-order valence-corrected chi connectivity index (χ4v) is 4.18. The number of phenols is 1. The van der Waals surface area contributed by atoms with Crippen LogP contribution in [0.5, 0.6) is 5.75 Å². The summed E-state index contributed by atoms with van der Waals surface area (Å²) in [4.78, 5) is 25.9. The first-order valence-electron chi connectivity index (χ1n) is 11.6. The van der Waals surface area contributed by atoms with Gasteiger partial charge in [-0.15, -0.1) is 0 Å². The number of hydrogen-bond donors (Lipinski definition) is 1. The van der Waals surface area contributed by atoms with E-state index < -0.39 is 5.82 Å². The minimum Gasteiger partial charge on any atom is -0.507 e. The number of likely N-dealkylation sites (N-methyl/N-ethyl adjacent to an activating group) is 1. The largest absolute Gasteiger partial charge is 0.507 e. The fraction of sp³-hybridized carbons (Fsp3) is 0.296. The predicted octanol–water partition coefficient (Wildman–Crippen LogP) is 4.07. The van der Waals surface area contributed by atoms with Gasteiger partial charge in [-0.05, 0) is 56.4 Å². The van der Waals surface area contributed by atoms with Gasteiger partial charge in [-0.25, -0.2) is 9.37 Å². The quantitative estimate of drug-likeness (QED) is 0.498.